The number of hydrogen-bond acceptors (Lipinski definition) is 4. The van der Waals surface area contributed by atoms with Gasteiger partial charge in [0.05, 0.1) is 13.2 Å². The molecule has 2 aliphatic rings. The van der Waals surface area contributed by atoms with Gasteiger partial charge in [-0.15, -0.1) is 0 Å². The molecule has 2 aromatic rings. The Morgan fingerprint density at radius 3 is 2.37 bits per heavy atom. The normalized spacial score (nSPS) is 16.7. The second kappa shape index (κ2) is 7.80. The zero-order valence-electron chi connectivity index (χ0n) is 15.1. The lowest BCUT2D eigenvalue weighted by Crippen LogP contribution is -2.36. The molecule has 4 rings (SSSR count). The first-order valence-electron chi connectivity index (χ1n) is 9.34. The van der Waals surface area contributed by atoms with Crippen LogP contribution in [0.15, 0.2) is 48.5 Å². The van der Waals surface area contributed by atoms with Gasteiger partial charge in [0.25, 0.3) is 5.91 Å². The molecule has 2 aromatic carbocycles. The van der Waals surface area contributed by atoms with Gasteiger partial charge in [-0.3, -0.25) is 9.59 Å². The lowest BCUT2D eigenvalue weighted by atomic mass is 10.1. The van der Waals surface area contributed by atoms with Gasteiger partial charge in [0.15, 0.2) is 0 Å². The summed E-state index contributed by atoms with van der Waals surface area (Å²) in [5.74, 6) is -0.0321. The second-order valence-electron chi connectivity index (χ2n) is 6.94. The molecule has 0 atom stereocenters. The van der Waals surface area contributed by atoms with Gasteiger partial charge in [-0.1, -0.05) is 6.07 Å². The first kappa shape index (κ1) is 17.5. The fourth-order valence-corrected chi connectivity index (χ4v) is 3.11. The van der Waals surface area contributed by atoms with Crippen LogP contribution in [0.5, 0.6) is 0 Å². The zero-order chi connectivity index (χ0) is 18.6. The molecule has 0 aromatic heterocycles. The molecule has 1 aliphatic carbocycles. The highest BCUT2D eigenvalue weighted by molar-refractivity contribution is 6.05. The lowest BCUT2D eigenvalue weighted by Gasteiger charge is -2.28. The Bertz CT molecular complexity index is 825. The van der Waals surface area contributed by atoms with E-state index in [9.17, 15) is 9.59 Å². The molecular weight excluding hydrogens is 342 g/mol. The van der Waals surface area contributed by atoms with Crippen molar-refractivity contribution >= 4 is 28.9 Å². The Morgan fingerprint density at radius 1 is 0.926 bits per heavy atom. The van der Waals surface area contributed by atoms with E-state index in [4.69, 9.17) is 4.74 Å². The van der Waals surface area contributed by atoms with E-state index in [-0.39, 0.29) is 17.7 Å². The number of rotatable bonds is 5. The van der Waals surface area contributed by atoms with Crippen LogP contribution in [0.25, 0.3) is 0 Å². The minimum Gasteiger partial charge on any atom is -0.378 e. The number of carbonyl (C=O) groups is 2. The number of benzene rings is 2. The third-order valence-electron chi connectivity index (χ3n) is 4.84. The van der Waals surface area contributed by atoms with E-state index in [2.05, 4.69) is 15.5 Å². The maximum atomic E-state index is 12.5. The van der Waals surface area contributed by atoms with Crippen LogP contribution in [0.2, 0.25) is 0 Å². The molecule has 1 heterocycles. The number of anilines is 3. The van der Waals surface area contributed by atoms with Crippen molar-refractivity contribution in [2.45, 2.75) is 12.8 Å². The van der Waals surface area contributed by atoms with Gasteiger partial charge in [0.2, 0.25) is 5.91 Å². The predicted molar refractivity (Wildman–Crippen MR) is 105 cm³/mol. The average molecular weight is 365 g/mol. The van der Waals surface area contributed by atoms with E-state index in [1.165, 1.54) is 0 Å². The molecule has 2 fully saturated rings. The fourth-order valence-electron chi connectivity index (χ4n) is 3.11. The molecule has 6 nitrogen and oxygen atoms in total. The number of morpholine rings is 1. The molecule has 0 bridgehead atoms. The molecule has 1 saturated carbocycles. The summed E-state index contributed by atoms with van der Waals surface area (Å²) in [7, 11) is 0. The molecule has 27 heavy (non-hydrogen) atoms. The van der Waals surface area contributed by atoms with Gasteiger partial charge in [-0.25, -0.2) is 0 Å². The van der Waals surface area contributed by atoms with Crippen LogP contribution in [0.3, 0.4) is 0 Å². The van der Waals surface area contributed by atoms with E-state index in [1.54, 1.807) is 24.3 Å². The van der Waals surface area contributed by atoms with Crippen molar-refractivity contribution in [2.75, 3.05) is 41.8 Å². The molecule has 140 valence electrons. The van der Waals surface area contributed by atoms with Crippen LogP contribution in [0.4, 0.5) is 17.1 Å². The first-order chi connectivity index (χ1) is 13.2. The topological polar surface area (TPSA) is 70.7 Å². The number of nitrogens with zero attached hydrogens (tertiary/aromatic N) is 1. The minimum atomic E-state index is -0.198. The van der Waals surface area contributed by atoms with Crippen molar-refractivity contribution in [3.63, 3.8) is 0 Å². The minimum absolute atomic E-state index is 0.0336. The molecule has 0 radical (unpaired) electrons. The summed E-state index contributed by atoms with van der Waals surface area (Å²) in [4.78, 5) is 26.7. The Morgan fingerprint density at radius 2 is 1.67 bits per heavy atom. The van der Waals surface area contributed by atoms with Crippen molar-refractivity contribution in [2.24, 2.45) is 5.92 Å². The van der Waals surface area contributed by atoms with Crippen molar-refractivity contribution < 1.29 is 14.3 Å². The summed E-state index contributed by atoms with van der Waals surface area (Å²) in [6.45, 7) is 3.24. The maximum absolute atomic E-state index is 12.5. The molecule has 2 N–H and O–H groups in total. The van der Waals surface area contributed by atoms with Crippen molar-refractivity contribution in [3.05, 3.63) is 54.1 Å². The van der Waals surface area contributed by atoms with Gasteiger partial charge < -0.3 is 20.3 Å². The molecule has 1 saturated heterocycles. The summed E-state index contributed by atoms with van der Waals surface area (Å²) in [6.07, 6.45) is 1.90. The van der Waals surface area contributed by atoms with Gasteiger partial charge in [-0.05, 0) is 55.3 Å². The van der Waals surface area contributed by atoms with Crippen molar-refractivity contribution in [1.29, 1.82) is 0 Å². The Hall–Kier alpha value is -2.86. The summed E-state index contributed by atoms with van der Waals surface area (Å²) >= 11 is 0. The maximum Gasteiger partial charge on any atom is 0.255 e. The van der Waals surface area contributed by atoms with E-state index in [1.807, 2.05) is 24.3 Å². The van der Waals surface area contributed by atoms with Crippen LogP contribution in [-0.4, -0.2) is 38.1 Å². The third-order valence-corrected chi connectivity index (χ3v) is 4.84. The predicted octanol–water partition coefficient (Wildman–Crippen LogP) is 3.12. The SMILES string of the molecule is O=C(Nc1ccc(N2CCOCC2)cc1)c1cccc(NC(=O)C2CC2)c1. The lowest BCUT2D eigenvalue weighted by molar-refractivity contribution is -0.117. The van der Waals surface area contributed by atoms with Crippen molar-refractivity contribution in [1.82, 2.24) is 0 Å². The van der Waals surface area contributed by atoms with Crippen molar-refractivity contribution in [3.8, 4) is 0 Å². The number of amides is 2. The Balaban J connectivity index is 1.38. The van der Waals surface area contributed by atoms with E-state index in [0.717, 1.165) is 50.5 Å². The number of carbonyl (C=O) groups excluding carboxylic acids is 2. The van der Waals surface area contributed by atoms with E-state index >= 15 is 0 Å². The van der Waals surface area contributed by atoms with E-state index < -0.39 is 0 Å². The summed E-state index contributed by atoms with van der Waals surface area (Å²) in [6, 6.07) is 14.8. The smallest absolute Gasteiger partial charge is 0.255 e. The van der Waals surface area contributed by atoms with Gasteiger partial charge in [0, 0.05) is 41.6 Å². The summed E-state index contributed by atoms with van der Waals surface area (Å²) in [5, 5.41) is 5.78. The fraction of sp³-hybridized carbons (Fsp3) is 0.333. The van der Waals surface area contributed by atoms with Crippen LogP contribution in [-0.2, 0) is 9.53 Å². The van der Waals surface area contributed by atoms with Crippen LogP contribution in [0.1, 0.15) is 23.2 Å². The van der Waals surface area contributed by atoms with Gasteiger partial charge in [0.1, 0.15) is 0 Å². The highest BCUT2D eigenvalue weighted by atomic mass is 16.5. The van der Waals surface area contributed by atoms with Crippen LogP contribution < -0.4 is 15.5 Å². The number of ether oxygens (including phenoxy) is 1. The standard InChI is InChI=1S/C21H23N3O3/c25-20(15-4-5-15)23-18-3-1-2-16(14-18)21(26)22-17-6-8-19(9-7-17)24-10-12-27-13-11-24/h1-3,6-9,14-15H,4-5,10-13H2,(H,22,26)(H,23,25). The second-order valence-corrected chi connectivity index (χ2v) is 6.94. The van der Waals surface area contributed by atoms with E-state index in [0.29, 0.717) is 11.3 Å². The molecule has 0 unspecified atom stereocenters. The average Bonchev–Trinajstić information content (AvgIpc) is 3.55. The largest absolute Gasteiger partial charge is 0.378 e. The van der Waals surface area contributed by atoms with Crippen LogP contribution >= 0.6 is 0 Å². The highest BCUT2D eigenvalue weighted by Crippen LogP contribution is 2.30. The quantitative estimate of drug-likeness (QED) is 0.854. The summed E-state index contributed by atoms with van der Waals surface area (Å²) < 4.78 is 5.37. The van der Waals surface area contributed by atoms with Gasteiger partial charge >= 0.3 is 0 Å². The van der Waals surface area contributed by atoms with Crippen LogP contribution in [0, 0.1) is 5.92 Å². The zero-order valence-corrected chi connectivity index (χ0v) is 15.1. The highest BCUT2D eigenvalue weighted by Gasteiger charge is 2.29. The molecule has 1 aliphatic heterocycles. The third kappa shape index (κ3) is 4.46. The number of hydrogen-bond donors (Lipinski definition) is 2. The first-order valence-corrected chi connectivity index (χ1v) is 9.34. The summed E-state index contributed by atoms with van der Waals surface area (Å²) in [5.41, 5.74) is 3.04. The Kier molecular flexibility index (Phi) is 5.07. The molecule has 0 spiro atoms. The Labute approximate surface area is 158 Å². The number of nitrogens with one attached hydrogen (secondary N) is 2. The van der Waals surface area contributed by atoms with Gasteiger partial charge in [-0.2, -0.15) is 0 Å². The monoisotopic (exact) mass is 365 g/mol. The molecule has 6 heteroatoms. The molecular formula is C21H23N3O3. The molecule has 2 amide bonds.